The summed E-state index contributed by atoms with van der Waals surface area (Å²) in [4.78, 5) is 24.4. The quantitative estimate of drug-likeness (QED) is 0.217. The Bertz CT molecular complexity index is 1170. The van der Waals surface area contributed by atoms with E-state index in [1.807, 2.05) is 32.0 Å². The summed E-state index contributed by atoms with van der Waals surface area (Å²) in [5.41, 5.74) is 5.32. The molecule has 34 heavy (non-hydrogen) atoms. The van der Waals surface area contributed by atoms with E-state index in [9.17, 15) is 14.0 Å². The number of nitrogens with one attached hydrogen (secondary N) is 1. The van der Waals surface area contributed by atoms with E-state index < -0.39 is 17.7 Å². The fourth-order valence-electron chi connectivity index (χ4n) is 3.08. The van der Waals surface area contributed by atoms with Crippen LogP contribution < -0.4 is 19.6 Å². The molecule has 7 nitrogen and oxygen atoms in total. The zero-order valence-electron chi connectivity index (χ0n) is 19.1. The molecule has 1 N–H and O–H groups in total. The van der Waals surface area contributed by atoms with Crippen molar-refractivity contribution in [1.82, 2.24) is 5.43 Å². The summed E-state index contributed by atoms with van der Waals surface area (Å²) in [6.45, 7) is 5.87. The van der Waals surface area contributed by atoms with E-state index in [2.05, 4.69) is 10.5 Å². The highest BCUT2D eigenvalue weighted by molar-refractivity contribution is 5.91. The van der Waals surface area contributed by atoms with E-state index in [1.165, 1.54) is 30.5 Å². The molecule has 1 amide bonds. The highest BCUT2D eigenvalue weighted by Gasteiger charge is 2.13. The summed E-state index contributed by atoms with van der Waals surface area (Å²) in [6, 6.07) is 15.6. The number of carbonyl (C=O) groups is 2. The van der Waals surface area contributed by atoms with Gasteiger partial charge in [0.1, 0.15) is 11.6 Å². The summed E-state index contributed by atoms with van der Waals surface area (Å²) >= 11 is 0. The van der Waals surface area contributed by atoms with Crippen molar-refractivity contribution in [2.45, 2.75) is 20.8 Å². The molecule has 0 spiro atoms. The number of amides is 1. The van der Waals surface area contributed by atoms with E-state index in [-0.39, 0.29) is 17.9 Å². The van der Waals surface area contributed by atoms with Gasteiger partial charge in [-0.25, -0.2) is 14.6 Å². The van der Waals surface area contributed by atoms with Crippen LogP contribution in [-0.2, 0) is 4.79 Å². The summed E-state index contributed by atoms with van der Waals surface area (Å²) in [5, 5.41) is 3.93. The van der Waals surface area contributed by atoms with Gasteiger partial charge in [-0.05, 0) is 92.1 Å². The Morgan fingerprint density at radius 3 is 2.32 bits per heavy atom. The van der Waals surface area contributed by atoms with Gasteiger partial charge in [-0.1, -0.05) is 6.07 Å². The van der Waals surface area contributed by atoms with Crippen LogP contribution in [0.5, 0.6) is 17.2 Å². The topological polar surface area (TPSA) is 86.2 Å². The number of aryl methyl sites for hydroxylation is 2. The van der Waals surface area contributed by atoms with Gasteiger partial charge in [0.25, 0.3) is 5.91 Å². The average molecular weight is 464 g/mol. The monoisotopic (exact) mass is 464 g/mol. The lowest BCUT2D eigenvalue weighted by Crippen LogP contribution is -2.24. The number of hydrazone groups is 1. The van der Waals surface area contributed by atoms with E-state index in [1.54, 1.807) is 25.1 Å². The maximum absolute atomic E-state index is 13.1. The lowest BCUT2D eigenvalue weighted by molar-refractivity contribution is -0.123. The van der Waals surface area contributed by atoms with E-state index >= 15 is 0 Å². The molecule has 3 aromatic carbocycles. The normalized spacial score (nSPS) is 10.7. The first-order valence-corrected chi connectivity index (χ1v) is 10.6. The molecular weight excluding hydrogens is 439 g/mol. The Balaban J connectivity index is 1.59. The zero-order valence-corrected chi connectivity index (χ0v) is 19.1. The number of nitrogens with zero attached hydrogens (tertiary/aromatic N) is 1. The number of ether oxygens (including phenoxy) is 3. The van der Waals surface area contributed by atoms with Crippen molar-refractivity contribution in [1.29, 1.82) is 0 Å². The Labute approximate surface area is 197 Å². The van der Waals surface area contributed by atoms with Crippen molar-refractivity contribution in [3.8, 4) is 17.2 Å². The van der Waals surface area contributed by atoms with Gasteiger partial charge in [0.15, 0.2) is 18.1 Å². The van der Waals surface area contributed by atoms with Crippen molar-refractivity contribution < 1.29 is 28.2 Å². The van der Waals surface area contributed by atoms with Gasteiger partial charge in [0.2, 0.25) is 0 Å². The van der Waals surface area contributed by atoms with Crippen LogP contribution in [0.2, 0.25) is 0 Å². The van der Waals surface area contributed by atoms with Gasteiger partial charge < -0.3 is 14.2 Å². The molecule has 0 radical (unpaired) electrons. The summed E-state index contributed by atoms with van der Waals surface area (Å²) in [7, 11) is 0. The highest BCUT2D eigenvalue weighted by Crippen LogP contribution is 2.29. The Morgan fingerprint density at radius 1 is 0.941 bits per heavy atom. The van der Waals surface area contributed by atoms with Crippen LogP contribution in [0.15, 0.2) is 65.8 Å². The van der Waals surface area contributed by atoms with Crippen molar-refractivity contribution in [2.24, 2.45) is 5.10 Å². The minimum Gasteiger partial charge on any atom is -0.490 e. The molecule has 3 rings (SSSR count). The van der Waals surface area contributed by atoms with Gasteiger partial charge in [-0.3, -0.25) is 4.79 Å². The molecule has 0 saturated heterocycles. The fraction of sp³-hybridized carbons (Fsp3) is 0.192. The SMILES string of the molecule is CCOc1cc(/C=N/NC(=O)COc2cc(C)cc(C)c2)ccc1OC(=O)c1ccc(F)cc1. The molecule has 3 aromatic rings. The van der Waals surface area contributed by atoms with Crippen LogP contribution in [0.1, 0.15) is 34.0 Å². The average Bonchev–Trinajstić information content (AvgIpc) is 2.79. The Kier molecular flexibility index (Phi) is 8.34. The minimum absolute atomic E-state index is 0.178. The molecule has 0 aliphatic carbocycles. The van der Waals surface area contributed by atoms with Crippen LogP contribution in [0.25, 0.3) is 0 Å². The number of hydrogen-bond acceptors (Lipinski definition) is 6. The maximum atomic E-state index is 13.1. The highest BCUT2D eigenvalue weighted by atomic mass is 19.1. The van der Waals surface area contributed by atoms with Crippen molar-refractivity contribution in [2.75, 3.05) is 13.2 Å². The second-order valence-electron chi connectivity index (χ2n) is 7.44. The summed E-state index contributed by atoms with van der Waals surface area (Å²) in [5.74, 6) is -0.350. The number of benzene rings is 3. The van der Waals surface area contributed by atoms with E-state index in [4.69, 9.17) is 14.2 Å². The summed E-state index contributed by atoms with van der Waals surface area (Å²) < 4.78 is 29.5. The molecule has 0 aliphatic rings. The van der Waals surface area contributed by atoms with Crippen LogP contribution in [0, 0.1) is 19.7 Å². The van der Waals surface area contributed by atoms with Gasteiger partial charge in [0.05, 0.1) is 18.4 Å². The molecule has 0 heterocycles. The first-order chi connectivity index (χ1) is 16.3. The van der Waals surface area contributed by atoms with Crippen LogP contribution in [0.4, 0.5) is 4.39 Å². The largest absolute Gasteiger partial charge is 0.490 e. The van der Waals surface area contributed by atoms with Crippen LogP contribution in [-0.4, -0.2) is 31.3 Å². The molecule has 0 aliphatic heterocycles. The molecule has 0 unspecified atom stereocenters. The molecular formula is C26H25FN2O5. The lowest BCUT2D eigenvalue weighted by atomic mass is 10.1. The van der Waals surface area contributed by atoms with Gasteiger partial charge in [-0.15, -0.1) is 0 Å². The Hall–Kier alpha value is -4.20. The molecule has 176 valence electrons. The van der Waals surface area contributed by atoms with Gasteiger partial charge in [-0.2, -0.15) is 5.10 Å². The standard InChI is InChI=1S/C26H25FN2O5/c1-4-32-24-14-19(5-10-23(24)34-26(31)20-6-8-21(27)9-7-20)15-28-29-25(30)16-33-22-12-17(2)11-18(3)13-22/h5-15H,4,16H2,1-3H3,(H,29,30)/b28-15+. The molecule has 0 saturated carbocycles. The predicted octanol–water partition coefficient (Wildman–Crippen LogP) is 4.59. The molecule has 0 bridgehead atoms. The summed E-state index contributed by atoms with van der Waals surface area (Å²) in [6.07, 6.45) is 1.43. The minimum atomic E-state index is -0.640. The molecule has 0 fully saturated rings. The van der Waals surface area contributed by atoms with Gasteiger partial charge >= 0.3 is 5.97 Å². The van der Waals surface area contributed by atoms with Gasteiger partial charge in [0, 0.05) is 0 Å². The number of hydrogen-bond donors (Lipinski definition) is 1. The number of carbonyl (C=O) groups excluding carboxylic acids is 2. The third-order valence-corrected chi connectivity index (χ3v) is 4.52. The fourth-order valence-corrected chi connectivity index (χ4v) is 3.08. The smallest absolute Gasteiger partial charge is 0.343 e. The van der Waals surface area contributed by atoms with E-state index in [0.717, 1.165) is 11.1 Å². The predicted molar refractivity (Wildman–Crippen MR) is 126 cm³/mol. The molecule has 0 atom stereocenters. The zero-order chi connectivity index (χ0) is 24.5. The molecule has 8 heteroatoms. The Morgan fingerprint density at radius 2 is 1.65 bits per heavy atom. The lowest BCUT2D eigenvalue weighted by Gasteiger charge is -2.11. The number of esters is 1. The second-order valence-corrected chi connectivity index (χ2v) is 7.44. The third kappa shape index (κ3) is 7.16. The van der Waals surface area contributed by atoms with Crippen LogP contribution >= 0.6 is 0 Å². The van der Waals surface area contributed by atoms with Crippen molar-refractivity contribution in [3.05, 3.63) is 88.7 Å². The first-order valence-electron chi connectivity index (χ1n) is 10.6. The second kappa shape index (κ2) is 11.6. The maximum Gasteiger partial charge on any atom is 0.343 e. The number of halogens is 1. The van der Waals surface area contributed by atoms with E-state index in [0.29, 0.717) is 23.7 Å². The third-order valence-electron chi connectivity index (χ3n) is 4.52. The molecule has 0 aromatic heterocycles. The van der Waals surface area contributed by atoms with Crippen molar-refractivity contribution >= 4 is 18.1 Å². The van der Waals surface area contributed by atoms with Crippen LogP contribution in [0.3, 0.4) is 0 Å². The first kappa shape index (κ1) is 24.4. The number of rotatable bonds is 9. The van der Waals surface area contributed by atoms with Crippen molar-refractivity contribution in [3.63, 3.8) is 0 Å².